The summed E-state index contributed by atoms with van der Waals surface area (Å²) in [5.74, 6) is 0. The molecule has 0 saturated carbocycles. The number of carbonyl (C=O) groups excluding carboxylic acids is 4. The maximum atomic E-state index is 12.6. The quantitative estimate of drug-likeness (QED) is 0.370. The van der Waals surface area contributed by atoms with E-state index in [9.17, 15) is 19.2 Å². The second kappa shape index (κ2) is 10.1. The molecule has 0 saturated heterocycles. The van der Waals surface area contributed by atoms with Crippen LogP contribution in [-0.4, -0.2) is 14.0 Å². The van der Waals surface area contributed by atoms with Gasteiger partial charge in [-0.1, -0.05) is 0 Å². The molecule has 0 heterocycles. The molecule has 0 aromatic carbocycles. The maximum Gasteiger partial charge on any atom is -1.00 e. The fraction of sp³-hybridized carbons (Fsp3) is 0.250. The molecule has 128 valence electrons. The van der Waals surface area contributed by atoms with Crippen molar-refractivity contribution in [3.63, 3.8) is 0 Å². The predicted octanol–water partition coefficient (Wildman–Crippen LogP) is -3.44. The smallest absolute Gasteiger partial charge is 1.00 e. The first-order valence-electron chi connectivity index (χ1n) is 6.23. The molecule has 0 aromatic heterocycles. The van der Waals surface area contributed by atoms with Crippen LogP contribution < -0.4 is 24.8 Å². The number of rotatable bonds is 8. The Bertz CT molecular complexity index is 508. The molecule has 0 radical (unpaired) electrons. The Labute approximate surface area is 154 Å². The summed E-state index contributed by atoms with van der Waals surface area (Å²) in [6.07, 6.45) is 0. The van der Waals surface area contributed by atoms with Crippen LogP contribution in [0.5, 0.6) is 0 Å². The summed E-state index contributed by atoms with van der Waals surface area (Å²) >= 11 is -5.38. The van der Waals surface area contributed by atoms with Gasteiger partial charge in [-0.2, -0.15) is 0 Å². The van der Waals surface area contributed by atoms with Gasteiger partial charge in [0.05, 0.1) is 0 Å². The number of hydrogen-bond donors (Lipinski definition) is 0. The minimum absolute atomic E-state index is 0. The zero-order valence-electron chi connectivity index (χ0n) is 13.7. The van der Waals surface area contributed by atoms with Gasteiger partial charge in [0.2, 0.25) is 0 Å². The van der Waals surface area contributed by atoms with Gasteiger partial charge >= 0.3 is 130 Å². The molecule has 0 amide bonds. The first-order valence-corrected chi connectivity index (χ1v) is 11.1. The van der Waals surface area contributed by atoms with Gasteiger partial charge in [0, 0.05) is 0 Å². The van der Waals surface area contributed by atoms with Gasteiger partial charge in [-0.15, -0.1) is 0 Å². The van der Waals surface area contributed by atoms with Crippen molar-refractivity contribution in [2.45, 2.75) is 27.7 Å². The summed E-state index contributed by atoms with van der Waals surface area (Å²) < 4.78 is -2.95. The molecular weight excluding hydrogens is 418 g/mol. The summed E-state index contributed by atoms with van der Waals surface area (Å²) in [5, 5.41) is 0. The molecule has 7 heteroatoms. The summed E-state index contributed by atoms with van der Waals surface area (Å²) in [4.78, 5) is 50.4. The number of allylic oxidation sites excluding steroid dienone is 4. The van der Waals surface area contributed by atoms with E-state index in [1.165, 1.54) is 27.7 Å². The summed E-state index contributed by atoms with van der Waals surface area (Å²) in [5.41, 5.74) is 0.0726. The van der Waals surface area contributed by atoms with Crippen LogP contribution in [0.1, 0.15) is 27.7 Å². The normalized spacial score (nSPS) is 9.57. The van der Waals surface area contributed by atoms with Gasteiger partial charge < -0.3 is 24.8 Å². The Morgan fingerprint density at radius 2 is 0.652 bits per heavy atom. The Hall–Kier alpha value is -0.897. The molecule has 0 atom stereocenters. The van der Waals surface area contributed by atoms with Crippen molar-refractivity contribution in [1.29, 1.82) is 0 Å². The van der Waals surface area contributed by atoms with Gasteiger partial charge in [-0.3, -0.25) is 0 Å². The van der Waals surface area contributed by atoms with E-state index >= 15 is 0 Å². The molecule has 0 N–H and O–H groups in total. The van der Waals surface area contributed by atoms with Crippen molar-refractivity contribution < 1.29 is 64.3 Å². The van der Waals surface area contributed by atoms with Crippen molar-refractivity contribution >= 4 is 14.0 Å². The average Bonchev–Trinajstić information content (AvgIpc) is 2.37. The van der Waals surface area contributed by atoms with Crippen molar-refractivity contribution in [1.82, 2.24) is 0 Å². The molecule has 0 aliphatic carbocycles. The van der Waals surface area contributed by atoms with Crippen LogP contribution in [0, 0.1) is 0 Å². The average molecular weight is 438 g/mol. The molecule has 0 bridgehead atoms. The summed E-state index contributed by atoms with van der Waals surface area (Å²) in [6.45, 7) is 19.6. The van der Waals surface area contributed by atoms with Gasteiger partial charge in [-0.25, -0.2) is 0 Å². The third-order valence-corrected chi connectivity index (χ3v) is 13.8. The van der Waals surface area contributed by atoms with E-state index in [1.54, 1.807) is 0 Å². The van der Waals surface area contributed by atoms with E-state index < -0.39 is 34.2 Å². The molecule has 23 heavy (non-hydrogen) atoms. The first-order chi connectivity index (χ1) is 9.42. The van der Waals surface area contributed by atoms with E-state index in [4.69, 9.17) is 0 Å². The molecule has 4 nitrogen and oxygen atoms in total. The van der Waals surface area contributed by atoms with Crippen LogP contribution in [0.4, 0.5) is 0 Å². The fourth-order valence-electron chi connectivity index (χ4n) is 1.90. The number of carbonyl (C=O) groups is 4. The Morgan fingerprint density at radius 1 is 0.522 bits per heavy atom. The Kier molecular flexibility index (Phi) is 11.8. The van der Waals surface area contributed by atoms with Crippen LogP contribution in [-0.2, 0) is 39.4 Å². The van der Waals surface area contributed by atoms with Crippen LogP contribution in [0.2, 0.25) is 0 Å². The summed E-state index contributed by atoms with van der Waals surface area (Å²) in [7, 11) is 0. The monoisotopic (exact) mass is 436 g/mol. The summed E-state index contributed by atoms with van der Waals surface area (Å²) in [6, 6.07) is 0. The van der Waals surface area contributed by atoms with Crippen LogP contribution >= 0.6 is 0 Å². The molecule has 0 aliphatic rings. The minimum atomic E-state index is -5.38. The fourth-order valence-corrected chi connectivity index (χ4v) is 11.2. The SMILES string of the molecule is C=C(C)[C](=O)[Zr]([C](=O)C(=C)C)([C](=O)C(=C)C)[C](=O)C(=C)C.[Cl-].[Cl-]. The molecule has 0 aliphatic heterocycles. The molecule has 0 unspecified atom stereocenters. The Morgan fingerprint density at radius 3 is 0.739 bits per heavy atom. The molecule has 0 spiro atoms. The zero-order valence-corrected chi connectivity index (χ0v) is 17.7. The van der Waals surface area contributed by atoms with Gasteiger partial charge in [0.1, 0.15) is 0 Å². The zero-order chi connectivity index (χ0) is 17.1. The van der Waals surface area contributed by atoms with Gasteiger partial charge in [-0.05, 0) is 0 Å². The largest absolute Gasteiger partial charge is 1.00 e. The van der Waals surface area contributed by atoms with E-state index in [0.29, 0.717) is 0 Å². The molecule has 0 fully saturated rings. The predicted molar refractivity (Wildman–Crippen MR) is 79.3 cm³/mol. The van der Waals surface area contributed by atoms with Gasteiger partial charge in [0.25, 0.3) is 0 Å². The van der Waals surface area contributed by atoms with E-state index in [2.05, 4.69) is 26.3 Å². The third-order valence-electron chi connectivity index (χ3n) is 2.91. The maximum absolute atomic E-state index is 12.6. The van der Waals surface area contributed by atoms with Crippen LogP contribution in [0.3, 0.4) is 0 Å². The van der Waals surface area contributed by atoms with Gasteiger partial charge in [0.15, 0.2) is 0 Å². The third kappa shape index (κ3) is 5.04. The minimum Gasteiger partial charge on any atom is -1.00 e. The molecule has 0 aromatic rings. The standard InChI is InChI=1S/4C4H5O.2ClH.Zr/c4*1-4(2)3-5;;;/h4*1H2,2H3;2*1H;/p-2. The first kappa shape index (κ1) is 27.0. The molecule has 0 rings (SSSR count). The van der Waals surface area contributed by atoms with Crippen molar-refractivity contribution in [2.24, 2.45) is 0 Å². The topological polar surface area (TPSA) is 68.3 Å². The second-order valence-corrected chi connectivity index (χ2v) is 13.3. The van der Waals surface area contributed by atoms with E-state index in [0.717, 1.165) is 0 Å². The Balaban J connectivity index is -0.00000200. The van der Waals surface area contributed by atoms with Crippen molar-refractivity contribution in [3.05, 3.63) is 48.6 Å². The van der Waals surface area contributed by atoms with E-state index in [-0.39, 0.29) is 47.1 Å². The van der Waals surface area contributed by atoms with Crippen molar-refractivity contribution in [3.8, 4) is 0 Å². The van der Waals surface area contributed by atoms with Crippen LogP contribution in [0.15, 0.2) is 48.6 Å². The van der Waals surface area contributed by atoms with Crippen LogP contribution in [0.25, 0.3) is 0 Å². The molecular formula is C16H20Cl2O4Zr-2. The second-order valence-electron chi connectivity index (χ2n) is 5.19. The van der Waals surface area contributed by atoms with E-state index in [1.807, 2.05) is 0 Å². The number of hydrogen-bond acceptors (Lipinski definition) is 4. The number of halogens is 2. The van der Waals surface area contributed by atoms with Crippen molar-refractivity contribution in [2.75, 3.05) is 0 Å².